The fourth-order valence-electron chi connectivity index (χ4n) is 2.78. The molecule has 2 unspecified atom stereocenters. The number of rotatable bonds is 4. The van der Waals surface area contributed by atoms with Crippen LogP contribution in [0.1, 0.15) is 36.5 Å². The zero-order chi connectivity index (χ0) is 15.5. The molecule has 0 saturated carbocycles. The number of aryl methyl sites for hydroxylation is 1. The van der Waals surface area contributed by atoms with E-state index >= 15 is 0 Å². The molecule has 0 radical (unpaired) electrons. The van der Waals surface area contributed by atoms with E-state index in [4.69, 9.17) is 4.74 Å². The van der Waals surface area contributed by atoms with Crippen LogP contribution in [0, 0.1) is 6.92 Å². The number of pyridine rings is 1. The van der Waals surface area contributed by atoms with Crippen molar-refractivity contribution in [2.24, 2.45) is 0 Å². The van der Waals surface area contributed by atoms with Crippen molar-refractivity contribution in [3.05, 3.63) is 40.6 Å². The van der Waals surface area contributed by atoms with E-state index in [1.807, 2.05) is 17.9 Å². The molecule has 0 spiro atoms. The molecular formula is C16H19N3O2S. The van der Waals surface area contributed by atoms with E-state index in [0.29, 0.717) is 5.75 Å². The first kappa shape index (κ1) is 15.0. The third-order valence-electron chi connectivity index (χ3n) is 3.81. The summed E-state index contributed by atoms with van der Waals surface area (Å²) in [5, 5.41) is 3.09. The monoisotopic (exact) mass is 317 g/mol. The van der Waals surface area contributed by atoms with Gasteiger partial charge in [-0.25, -0.2) is 4.98 Å². The van der Waals surface area contributed by atoms with Crippen LogP contribution in [0.25, 0.3) is 0 Å². The summed E-state index contributed by atoms with van der Waals surface area (Å²) in [5.41, 5.74) is 1.00. The highest BCUT2D eigenvalue weighted by Crippen LogP contribution is 2.33. The molecule has 3 heterocycles. The Morgan fingerprint density at radius 1 is 1.55 bits per heavy atom. The van der Waals surface area contributed by atoms with Crippen LogP contribution < -0.4 is 4.74 Å². The maximum Gasteiger partial charge on any atom is 0.263 e. The number of nitrogens with zero attached hydrogens (tertiary/aromatic N) is 3. The number of aromatic nitrogens is 2. The van der Waals surface area contributed by atoms with E-state index < -0.39 is 6.10 Å². The van der Waals surface area contributed by atoms with Gasteiger partial charge < -0.3 is 9.64 Å². The Labute approximate surface area is 134 Å². The van der Waals surface area contributed by atoms with Gasteiger partial charge in [-0.1, -0.05) is 0 Å². The molecule has 0 N–H and O–H groups in total. The van der Waals surface area contributed by atoms with Gasteiger partial charge >= 0.3 is 0 Å². The molecule has 1 saturated heterocycles. The second-order valence-electron chi connectivity index (χ2n) is 5.43. The van der Waals surface area contributed by atoms with Crippen molar-refractivity contribution in [1.29, 1.82) is 0 Å². The fourth-order valence-corrected chi connectivity index (χ4v) is 3.44. The summed E-state index contributed by atoms with van der Waals surface area (Å²) < 4.78 is 5.71. The number of hydrogen-bond donors (Lipinski definition) is 0. The predicted molar refractivity (Wildman–Crippen MR) is 84.9 cm³/mol. The highest BCUT2D eigenvalue weighted by atomic mass is 32.1. The van der Waals surface area contributed by atoms with Crippen molar-refractivity contribution >= 4 is 17.2 Å². The molecule has 0 aromatic carbocycles. The Hall–Kier alpha value is -1.95. The van der Waals surface area contributed by atoms with Crippen LogP contribution in [0.2, 0.25) is 0 Å². The molecule has 1 fully saturated rings. The summed E-state index contributed by atoms with van der Waals surface area (Å²) >= 11 is 1.63. The molecule has 2 aromatic rings. The van der Waals surface area contributed by atoms with E-state index in [0.717, 1.165) is 30.1 Å². The lowest BCUT2D eigenvalue weighted by molar-refractivity contribution is -0.139. The van der Waals surface area contributed by atoms with Gasteiger partial charge in [0.1, 0.15) is 5.75 Å². The topological polar surface area (TPSA) is 55.3 Å². The van der Waals surface area contributed by atoms with Gasteiger partial charge in [-0.05, 0) is 38.8 Å². The average Bonchev–Trinajstić information content (AvgIpc) is 3.15. The van der Waals surface area contributed by atoms with Crippen LogP contribution >= 0.6 is 11.3 Å². The smallest absolute Gasteiger partial charge is 0.263 e. The summed E-state index contributed by atoms with van der Waals surface area (Å²) in [4.78, 5) is 23.1. The Balaban J connectivity index is 1.70. The molecule has 0 aliphatic carbocycles. The number of ether oxygens (including phenoxy) is 1. The van der Waals surface area contributed by atoms with Crippen molar-refractivity contribution in [3.63, 3.8) is 0 Å². The van der Waals surface area contributed by atoms with Gasteiger partial charge in [-0.3, -0.25) is 9.78 Å². The van der Waals surface area contributed by atoms with Gasteiger partial charge in [0.05, 0.1) is 22.9 Å². The van der Waals surface area contributed by atoms with E-state index in [9.17, 15) is 4.79 Å². The molecule has 2 atom stereocenters. The molecule has 116 valence electrons. The summed E-state index contributed by atoms with van der Waals surface area (Å²) in [6.07, 6.45) is 4.75. The lowest BCUT2D eigenvalue weighted by Gasteiger charge is -2.26. The van der Waals surface area contributed by atoms with Crippen LogP contribution in [0.4, 0.5) is 0 Å². The summed E-state index contributed by atoms with van der Waals surface area (Å²) in [5.74, 6) is 0.626. The van der Waals surface area contributed by atoms with Gasteiger partial charge in [-0.2, -0.15) is 0 Å². The van der Waals surface area contributed by atoms with Crippen molar-refractivity contribution in [2.75, 3.05) is 6.54 Å². The van der Waals surface area contributed by atoms with E-state index in [1.54, 1.807) is 36.7 Å². The Morgan fingerprint density at radius 3 is 3.09 bits per heavy atom. The highest BCUT2D eigenvalue weighted by molar-refractivity contribution is 7.09. The molecule has 3 rings (SSSR count). The van der Waals surface area contributed by atoms with Gasteiger partial charge in [0.2, 0.25) is 0 Å². The Bertz CT molecular complexity index is 644. The van der Waals surface area contributed by atoms with E-state index in [-0.39, 0.29) is 11.9 Å². The predicted octanol–water partition coefficient (Wildman–Crippen LogP) is 2.98. The van der Waals surface area contributed by atoms with Crippen LogP contribution in [-0.4, -0.2) is 33.4 Å². The molecule has 1 aliphatic heterocycles. The van der Waals surface area contributed by atoms with Crippen molar-refractivity contribution in [1.82, 2.24) is 14.9 Å². The van der Waals surface area contributed by atoms with Gasteiger partial charge in [0, 0.05) is 18.1 Å². The SMILES string of the molecule is Cc1nc(C2CCCN2C(=O)C(C)Oc2cccnc2)cs1. The molecule has 6 heteroatoms. The van der Waals surface area contributed by atoms with Crippen LogP contribution in [-0.2, 0) is 4.79 Å². The number of carbonyl (C=O) groups is 1. The molecule has 1 amide bonds. The summed E-state index contributed by atoms with van der Waals surface area (Å²) in [6.45, 7) is 4.54. The number of thiazole rings is 1. The van der Waals surface area contributed by atoms with Gasteiger partial charge in [0.15, 0.2) is 6.10 Å². The molecule has 2 aromatic heterocycles. The first-order valence-corrected chi connectivity index (χ1v) is 8.32. The normalized spacial score (nSPS) is 19.2. The average molecular weight is 317 g/mol. The molecule has 0 bridgehead atoms. The van der Waals surface area contributed by atoms with Crippen molar-refractivity contribution in [2.45, 2.75) is 38.8 Å². The van der Waals surface area contributed by atoms with Crippen LogP contribution in [0.15, 0.2) is 29.9 Å². The van der Waals surface area contributed by atoms with Gasteiger partial charge in [0.25, 0.3) is 5.91 Å². The van der Waals surface area contributed by atoms with Crippen LogP contribution in [0.3, 0.4) is 0 Å². The third kappa shape index (κ3) is 3.11. The minimum absolute atomic E-state index is 0.0111. The number of hydrogen-bond acceptors (Lipinski definition) is 5. The lowest BCUT2D eigenvalue weighted by atomic mass is 10.1. The lowest BCUT2D eigenvalue weighted by Crippen LogP contribution is -2.40. The maximum absolute atomic E-state index is 12.7. The first-order chi connectivity index (χ1) is 10.6. The molecular weight excluding hydrogens is 298 g/mol. The number of amides is 1. The first-order valence-electron chi connectivity index (χ1n) is 7.44. The zero-order valence-electron chi connectivity index (χ0n) is 12.7. The fraction of sp³-hybridized carbons (Fsp3) is 0.438. The summed E-state index contributed by atoms with van der Waals surface area (Å²) in [6, 6.07) is 3.68. The standard InChI is InChI=1S/C16H19N3O2S/c1-11(21-13-5-3-7-17-9-13)16(20)19-8-4-6-15(19)14-10-22-12(2)18-14/h3,5,7,9-11,15H,4,6,8H2,1-2H3. The minimum atomic E-state index is -0.524. The summed E-state index contributed by atoms with van der Waals surface area (Å²) in [7, 11) is 0. The number of likely N-dealkylation sites (tertiary alicyclic amines) is 1. The van der Waals surface area contributed by atoms with Gasteiger partial charge in [-0.15, -0.1) is 11.3 Å². The Morgan fingerprint density at radius 2 is 2.41 bits per heavy atom. The molecule has 22 heavy (non-hydrogen) atoms. The van der Waals surface area contributed by atoms with Crippen molar-refractivity contribution in [3.8, 4) is 5.75 Å². The molecule has 5 nitrogen and oxygen atoms in total. The third-order valence-corrected chi connectivity index (χ3v) is 4.60. The van der Waals surface area contributed by atoms with Crippen molar-refractivity contribution < 1.29 is 9.53 Å². The second-order valence-corrected chi connectivity index (χ2v) is 6.49. The maximum atomic E-state index is 12.7. The quantitative estimate of drug-likeness (QED) is 0.870. The highest BCUT2D eigenvalue weighted by Gasteiger charge is 2.34. The zero-order valence-corrected chi connectivity index (χ0v) is 13.5. The minimum Gasteiger partial charge on any atom is -0.479 e. The Kier molecular flexibility index (Phi) is 4.38. The largest absolute Gasteiger partial charge is 0.479 e. The van der Waals surface area contributed by atoms with Crippen LogP contribution in [0.5, 0.6) is 5.75 Å². The number of carbonyl (C=O) groups excluding carboxylic acids is 1. The van der Waals surface area contributed by atoms with E-state index in [2.05, 4.69) is 15.3 Å². The second kappa shape index (κ2) is 6.44. The molecule has 1 aliphatic rings. The van der Waals surface area contributed by atoms with E-state index in [1.165, 1.54) is 0 Å².